The molecule has 0 radical (unpaired) electrons. The molecule has 0 fully saturated rings. The number of benzene rings is 6. The van der Waals surface area contributed by atoms with Crippen molar-refractivity contribution < 1.29 is 8.83 Å². The summed E-state index contributed by atoms with van der Waals surface area (Å²) in [5, 5.41) is 1.99. The Bertz CT molecular complexity index is 2690. The van der Waals surface area contributed by atoms with Crippen LogP contribution in [0, 0.1) is 0 Å². The molecule has 0 amide bonds. The van der Waals surface area contributed by atoms with Crippen LogP contribution in [0.25, 0.3) is 89.5 Å². The van der Waals surface area contributed by atoms with Gasteiger partial charge in [-0.3, -0.25) is 0 Å². The van der Waals surface area contributed by atoms with Crippen molar-refractivity contribution in [1.82, 2.24) is 19.9 Å². The molecule has 6 aromatic carbocycles. The summed E-state index contributed by atoms with van der Waals surface area (Å²) >= 11 is 0. The molecule has 0 saturated carbocycles. The molecule has 1 aliphatic carbocycles. The van der Waals surface area contributed by atoms with Gasteiger partial charge >= 0.3 is 0 Å². The Kier molecular flexibility index (Phi) is 5.82. The second-order valence-corrected chi connectivity index (χ2v) is 13.1. The van der Waals surface area contributed by atoms with Gasteiger partial charge in [-0.15, -0.1) is 0 Å². The molecule has 6 heteroatoms. The lowest BCUT2D eigenvalue weighted by Crippen LogP contribution is -2.14. The Balaban J connectivity index is 1.21. The zero-order chi connectivity index (χ0) is 32.7. The topological polar surface area (TPSA) is 77.8 Å². The van der Waals surface area contributed by atoms with Crippen LogP contribution in [0.1, 0.15) is 25.0 Å². The molecule has 3 aromatic heterocycles. The lowest BCUT2D eigenvalue weighted by Gasteiger charge is -2.21. The summed E-state index contributed by atoms with van der Waals surface area (Å²) in [7, 11) is 0. The molecule has 6 nitrogen and oxygen atoms in total. The molecule has 9 aromatic rings. The summed E-state index contributed by atoms with van der Waals surface area (Å²) in [4.78, 5) is 19.5. The number of rotatable bonds is 4. The zero-order valence-electron chi connectivity index (χ0n) is 26.8. The molecule has 0 aliphatic heterocycles. The van der Waals surface area contributed by atoms with E-state index in [-0.39, 0.29) is 5.41 Å². The third-order valence-electron chi connectivity index (χ3n) is 9.90. The molecular formula is C43H28N4O2. The first kappa shape index (κ1) is 27.7. The van der Waals surface area contributed by atoms with Crippen LogP contribution in [-0.4, -0.2) is 19.9 Å². The van der Waals surface area contributed by atoms with Gasteiger partial charge in [0.25, 0.3) is 0 Å². The van der Waals surface area contributed by atoms with Crippen LogP contribution in [0.5, 0.6) is 0 Å². The van der Waals surface area contributed by atoms with E-state index in [9.17, 15) is 0 Å². The van der Waals surface area contributed by atoms with E-state index in [2.05, 4.69) is 67.4 Å². The molecule has 0 atom stereocenters. The van der Waals surface area contributed by atoms with Crippen LogP contribution in [0.15, 0.2) is 143 Å². The van der Waals surface area contributed by atoms with Gasteiger partial charge in [-0.05, 0) is 64.2 Å². The molecule has 3 heterocycles. The largest absolute Gasteiger partial charge is 0.455 e. The minimum atomic E-state index is -0.172. The van der Waals surface area contributed by atoms with E-state index in [0.717, 1.165) is 60.9 Å². The van der Waals surface area contributed by atoms with Crippen molar-refractivity contribution in [3.8, 4) is 56.4 Å². The van der Waals surface area contributed by atoms with Gasteiger partial charge < -0.3 is 8.83 Å². The van der Waals surface area contributed by atoms with Gasteiger partial charge in [0.2, 0.25) is 0 Å². The fraction of sp³-hybridized carbons (Fsp3) is 0.0698. The molecular weight excluding hydrogens is 604 g/mol. The minimum Gasteiger partial charge on any atom is -0.455 e. The summed E-state index contributed by atoms with van der Waals surface area (Å²) < 4.78 is 12.4. The van der Waals surface area contributed by atoms with Gasteiger partial charge in [-0.25, -0.2) is 19.9 Å². The average molecular weight is 633 g/mol. The summed E-state index contributed by atoms with van der Waals surface area (Å²) in [6.45, 7) is 4.54. The van der Waals surface area contributed by atoms with Crippen molar-refractivity contribution in [1.29, 1.82) is 0 Å². The van der Waals surface area contributed by atoms with Crippen LogP contribution in [-0.2, 0) is 5.41 Å². The third-order valence-corrected chi connectivity index (χ3v) is 9.90. The van der Waals surface area contributed by atoms with Crippen molar-refractivity contribution in [3.05, 3.63) is 145 Å². The van der Waals surface area contributed by atoms with Crippen molar-refractivity contribution in [2.75, 3.05) is 0 Å². The molecule has 10 rings (SSSR count). The second kappa shape index (κ2) is 10.3. The van der Waals surface area contributed by atoms with E-state index in [1.54, 1.807) is 0 Å². The van der Waals surface area contributed by atoms with E-state index in [0.29, 0.717) is 17.5 Å². The number of hydrogen-bond acceptors (Lipinski definition) is 6. The summed E-state index contributed by atoms with van der Waals surface area (Å²) in [6, 6.07) is 43.6. The number of furan rings is 1. The van der Waals surface area contributed by atoms with Gasteiger partial charge in [0.15, 0.2) is 29.4 Å². The highest BCUT2D eigenvalue weighted by molar-refractivity contribution is 6.16. The van der Waals surface area contributed by atoms with Crippen LogP contribution in [0.3, 0.4) is 0 Å². The molecule has 232 valence electrons. The van der Waals surface area contributed by atoms with Crippen molar-refractivity contribution in [2.45, 2.75) is 19.3 Å². The maximum absolute atomic E-state index is 6.71. The highest BCUT2D eigenvalue weighted by Gasteiger charge is 2.36. The van der Waals surface area contributed by atoms with Crippen LogP contribution in [0.4, 0.5) is 0 Å². The van der Waals surface area contributed by atoms with Crippen molar-refractivity contribution in [2.24, 2.45) is 0 Å². The quantitative estimate of drug-likeness (QED) is 0.192. The summed E-state index contributed by atoms with van der Waals surface area (Å²) in [5.41, 5.74) is 12.8. The Morgan fingerprint density at radius 1 is 0.510 bits per heavy atom. The molecule has 0 N–H and O–H groups in total. The van der Waals surface area contributed by atoms with E-state index in [4.69, 9.17) is 23.8 Å². The molecule has 49 heavy (non-hydrogen) atoms. The first-order chi connectivity index (χ1) is 24.0. The number of oxazole rings is 1. The maximum Gasteiger partial charge on any atom is 0.181 e. The fourth-order valence-corrected chi connectivity index (χ4v) is 7.44. The highest BCUT2D eigenvalue weighted by Crippen LogP contribution is 2.51. The monoisotopic (exact) mass is 632 g/mol. The molecule has 0 unspecified atom stereocenters. The van der Waals surface area contributed by atoms with Crippen LogP contribution >= 0.6 is 0 Å². The molecule has 1 aliphatic rings. The van der Waals surface area contributed by atoms with Crippen molar-refractivity contribution >= 4 is 33.0 Å². The zero-order valence-corrected chi connectivity index (χ0v) is 26.8. The maximum atomic E-state index is 6.71. The predicted molar refractivity (Wildman–Crippen MR) is 194 cm³/mol. The Labute approximate surface area is 281 Å². The smallest absolute Gasteiger partial charge is 0.181 e. The van der Waals surface area contributed by atoms with E-state index in [1.807, 2.05) is 78.9 Å². The third kappa shape index (κ3) is 4.20. The standard InChI is InChI=1S/C43H28N4O2/c1-43(2)33-20-17-27(21-31(33)32-22-35-37(23-34(32)43)48-24-44-35)28-18-19-30(38-29-15-9-10-16-36(29)49-39(28)38)42-46-40(25-11-5-3-6-12-25)45-41(47-42)26-13-7-4-8-14-26/h3-24H,1-2H3. The molecule has 0 saturated heterocycles. The SMILES string of the molecule is CC1(C)c2ccc(-c3ccc(-c4nc(-c5ccccc5)nc(-c5ccccc5)n4)c4c3oc3ccccc34)cc2-c2cc3ncoc3cc21. The van der Waals surface area contributed by atoms with E-state index >= 15 is 0 Å². The first-order valence-corrected chi connectivity index (χ1v) is 16.4. The van der Waals surface area contributed by atoms with Gasteiger partial charge in [-0.1, -0.05) is 105 Å². The van der Waals surface area contributed by atoms with Gasteiger partial charge in [-0.2, -0.15) is 0 Å². The number of fused-ring (bicyclic) bond motifs is 7. The molecule has 0 bridgehead atoms. The minimum absolute atomic E-state index is 0.172. The van der Waals surface area contributed by atoms with E-state index < -0.39 is 0 Å². The lowest BCUT2D eigenvalue weighted by molar-refractivity contribution is 0.598. The molecule has 0 spiro atoms. The number of para-hydroxylation sites is 1. The summed E-state index contributed by atoms with van der Waals surface area (Å²) in [5.74, 6) is 1.84. The average Bonchev–Trinajstić information content (AvgIpc) is 3.84. The van der Waals surface area contributed by atoms with E-state index in [1.165, 1.54) is 28.6 Å². The number of hydrogen-bond donors (Lipinski definition) is 0. The Hall–Kier alpha value is -6.40. The lowest BCUT2D eigenvalue weighted by atomic mass is 9.82. The van der Waals surface area contributed by atoms with Gasteiger partial charge in [0.05, 0.1) is 0 Å². The van der Waals surface area contributed by atoms with Crippen molar-refractivity contribution in [3.63, 3.8) is 0 Å². The predicted octanol–water partition coefficient (Wildman–Crippen LogP) is 10.9. The number of nitrogens with zero attached hydrogens (tertiary/aromatic N) is 4. The normalized spacial score (nSPS) is 13.3. The Morgan fingerprint density at radius 3 is 1.92 bits per heavy atom. The van der Waals surface area contributed by atoms with Gasteiger partial charge in [0.1, 0.15) is 16.7 Å². The van der Waals surface area contributed by atoms with Gasteiger partial charge in [0, 0.05) is 38.4 Å². The number of aromatic nitrogens is 4. The fourth-order valence-electron chi connectivity index (χ4n) is 7.44. The van der Waals surface area contributed by atoms with Crippen LogP contribution < -0.4 is 0 Å². The highest BCUT2D eigenvalue weighted by atomic mass is 16.3. The summed E-state index contributed by atoms with van der Waals surface area (Å²) in [6.07, 6.45) is 1.52. The van der Waals surface area contributed by atoms with Crippen LogP contribution in [0.2, 0.25) is 0 Å². The first-order valence-electron chi connectivity index (χ1n) is 16.4. The second-order valence-electron chi connectivity index (χ2n) is 13.1. The Morgan fingerprint density at radius 2 is 1.16 bits per heavy atom.